The molecule has 0 aromatic heterocycles. The van der Waals surface area contributed by atoms with Crippen molar-refractivity contribution in [2.45, 2.75) is 0 Å². The van der Waals surface area contributed by atoms with Gasteiger partial charge in [0.25, 0.3) is 0 Å². The zero-order valence-corrected chi connectivity index (χ0v) is 12.2. The van der Waals surface area contributed by atoms with Crippen LogP contribution >= 0.6 is 11.6 Å². The zero-order chi connectivity index (χ0) is 16.1. The van der Waals surface area contributed by atoms with Crippen LogP contribution in [0, 0.1) is 0 Å². The number of phenolic OH excluding ortho intramolecular Hbond substituents is 2. The summed E-state index contributed by atoms with van der Waals surface area (Å²) in [5.41, 5.74) is 0.809. The second-order valence-electron chi connectivity index (χ2n) is 4.52. The summed E-state index contributed by atoms with van der Waals surface area (Å²) in [5.74, 6) is -0.865. The first-order valence-electron chi connectivity index (χ1n) is 6.36. The van der Waals surface area contributed by atoms with Gasteiger partial charge in [-0.25, -0.2) is 0 Å². The van der Waals surface area contributed by atoms with Crippen molar-refractivity contribution < 1.29 is 20.1 Å². The monoisotopic (exact) mass is 316 g/mol. The minimum atomic E-state index is -0.454. The third-order valence-electron chi connectivity index (χ3n) is 2.85. The number of carbonyl (C=O) groups is 1. The minimum absolute atomic E-state index is 0.0823. The first-order chi connectivity index (χ1) is 10.5. The molecule has 5 heteroatoms. The summed E-state index contributed by atoms with van der Waals surface area (Å²) >= 11 is 5.78. The molecule has 0 spiro atoms. The Morgan fingerprint density at radius 1 is 1.05 bits per heavy atom. The smallest absolute Gasteiger partial charge is 0.182 e. The third kappa shape index (κ3) is 4.14. The van der Waals surface area contributed by atoms with Gasteiger partial charge in [0.1, 0.15) is 17.3 Å². The van der Waals surface area contributed by atoms with Gasteiger partial charge in [-0.2, -0.15) is 0 Å². The lowest BCUT2D eigenvalue weighted by Gasteiger charge is -2.03. The van der Waals surface area contributed by atoms with Gasteiger partial charge in [-0.05, 0) is 42.0 Å². The van der Waals surface area contributed by atoms with Crippen molar-refractivity contribution in [3.05, 3.63) is 70.8 Å². The first-order valence-corrected chi connectivity index (χ1v) is 6.74. The predicted molar refractivity (Wildman–Crippen MR) is 85.9 cm³/mol. The highest BCUT2D eigenvalue weighted by Crippen LogP contribution is 2.26. The van der Waals surface area contributed by atoms with Crippen molar-refractivity contribution in [1.29, 1.82) is 0 Å². The predicted octanol–water partition coefficient (Wildman–Crippen LogP) is 3.93. The topological polar surface area (TPSA) is 77.8 Å². The fraction of sp³-hybridized carbons (Fsp3) is 0. The molecule has 2 rings (SSSR count). The molecule has 4 nitrogen and oxygen atoms in total. The van der Waals surface area contributed by atoms with Crippen LogP contribution in [0.3, 0.4) is 0 Å². The normalized spacial score (nSPS) is 11.8. The highest BCUT2D eigenvalue weighted by Gasteiger charge is 2.08. The molecule has 3 N–H and O–H groups in total. The Bertz CT molecular complexity index is 746. The maximum absolute atomic E-state index is 11.8. The van der Waals surface area contributed by atoms with Crippen LogP contribution in [0.15, 0.2) is 54.6 Å². The van der Waals surface area contributed by atoms with Gasteiger partial charge >= 0.3 is 0 Å². The second kappa shape index (κ2) is 6.83. The van der Waals surface area contributed by atoms with Crippen molar-refractivity contribution in [3.63, 3.8) is 0 Å². The summed E-state index contributed by atoms with van der Waals surface area (Å²) in [6, 6.07) is 10.5. The molecule has 0 radical (unpaired) electrons. The number of rotatable bonds is 4. The van der Waals surface area contributed by atoms with E-state index in [9.17, 15) is 15.0 Å². The number of aliphatic hydroxyl groups is 1. The van der Waals surface area contributed by atoms with Gasteiger partial charge in [-0.1, -0.05) is 29.8 Å². The molecule has 0 fully saturated rings. The minimum Gasteiger partial charge on any atom is -0.508 e. The lowest BCUT2D eigenvalue weighted by Crippen LogP contribution is -1.91. The van der Waals surface area contributed by atoms with Crippen LogP contribution in [-0.2, 0) is 4.79 Å². The number of hydrogen-bond acceptors (Lipinski definition) is 4. The van der Waals surface area contributed by atoms with E-state index < -0.39 is 5.78 Å². The summed E-state index contributed by atoms with van der Waals surface area (Å²) < 4.78 is 0. The number of ketones is 1. The Kier molecular flexibility index (Phi) is 4.86. The van der Waals surface area contributed by atoms with Crippen molar-refractivity contribution in [2.75, 3.05) is 0 Å². The van der Waals surface area contributed by atoms with E-state index in [2.05, 4.69) is 0 Å². The highest BCUT2D eigenvalue weighted by molar-refractivity contribution is 6.30. The van der Waals surface area contributed by atoms with Crippen molar-refractivity contribution in [2.24, 2.45) is 0 Å². The van der Waals surface area contributed by atoms with Gasteiger partial charge < -0.3 is 15.3 Å². The van der Waals surface area contributed by atoms with Crippen LogP contribution in [0.2, 0.25) is 5.02 Å². The zero-order valence-electron chi connectivity index (χ0n) is 11.4. The van der Waals surface area contributed by atoms with E-state index in [4.69, 9.17) is 16.7 Å². The van der Waals surface area contributed by atoms with E-state index in [0.29, 0.717) is 5.02 Å². The fourth-order valence-electron chi connectivity index (χ4n) is 1.74. The number of benzene rings is 2. The molecule has 0 amide bonds. The van der Waals surface area contributed by atoms with E-state index in [-0.39, 0.29) is 22.8 Å². The van der Waals surface area contributed by atoms with Gasteiger partial charge in [-0.3, -0.25) is 4.79 Å². The Balaban J connectivity index is 2.15. The van der Waals surface area contributed by atoms with E-state index >= 15 is 0 Å². The molecule has 22 heavy (non-hydrogen) atoms. The molecular weight excluding hydrogens is 304 g/mol. The highest BCUT2D eigenvalue weighted by atomic mass is 35.5. The molecule has 0 unspecified atom stereocenters. The van der Waals surface area contributed by atoms with Crippen LogP contribution < -0.4 is 0 Å². The van der Waals surface area contributed by atoms with Crippen LogP contribution in [0.25, 0.3) is 11.8 Å². The van der Waals surface area contributed by atoms with Crippen LogP contribution in [-0.4, -0.2) is 21.1 Å². The molecule has 0 aliphatic rings. The van der Waals surface area contributed by atoms with Crippen molar-refractivity contribution >= 4 is 29.2 Å². The Labute approximate surface area is 132 Å². The Hall–Kier alpha value is -2.72. The largest absolute Gasteiger partial charge is 0.508 e. The SMILES string of the molecule is O=C(/C=C(\O)c1cc(Cl)ccc1O)/C=C/c1ccc(O)cc1. The van der Waals surface area contributed by atoms with E-state index in [1.807, 2.05) is 0 Å². The standard InChI is InChI=1S/C17H13ClO4/c18-12-4-8-16(21)15(9-12)17(22)10-14(20)7-3-11-1-5-13(19)6-2-11/h1-10,19,21-22H/b7-3+,17-10-. The summed E-state index contributed by atoms with van der Waals surface area (Å²) in [5, 5.41) is 29.0. The van der Waals surface area contributed by atoms with E-state index in [0.717, 1.165) is 11.6 Å². The molecule has 0 aliphatic heterocycles. The average molecular weight is 317 g/mol. The first kappa shape index (κ1) is 15.7. The molecule has 112 valence electrons. The molecule has 0 atom stereocenters. The number of carbonyl (C=O) groups excluding carboxylic acids is 1. The van der Waals surface area contributed by atoms with Crippen LogP contribution in [0.5, 0.6) is 11.5 Å². The molecule has 0 aliphatic carbocycles. The number of aromatic hydroxyl groups is 2. The van der Waals surface area contributed by atoms with Crippen molar-refractivity contribution in [3.8, 4) is 11.5 Å². The third-order valence-corrected chi connectivity index (χ3v) is 3.08. The summed E-state index contributed by atoms with van der Waals surface area (Å²) in [4.78, 5) is 11.8. The molecular formula is C17H13ClO4. The number of phenols is 2. The Morgan fingerprint density at radius 3 is 2.41 bits per heavy atom. The van der Waals surface area contributed by atoms with E-state index in [1.54, 1.807) is 18.2 Å². The molecule has 0 heterocycles. The number of allylic oxidation sites excluding steroid dienone is 2. The van der Waals surface area contributed by atoms with Gasteiger partial charge in [-0.15, -0.1) is 0 Å². The molecule has 0 saturated heterocycles. The second-order valence-corrected chi connectivity index (χ2v) is 4.95. The quantitative estimate of drug-likeness (QED) is 0.590. The maximum Gasteiger partial charge on any atom is 0.182 e. The number of aliphatic hydroxyl groups excluding tert-OH is 1. The summed E-state index contributed by atoms with van der Waals surface area (Å²) in [7, 11) is 0. The molecule has 2 aromatic carbocycles. The Morgan fingerprint density at radius 2 is 1.73 bits per heavy atom. The molecule has 2 aromatic rings. The summed E-state index contributed by atoms with van der Waals surface area (Å²) in [6.07, 6.45) is 3.80. The van der Waals surface area contributed by atoms with Crippen LogP contribution in [0.4, 0.5) is 0 Å². The van der Waals surface area contributed by atoms with E-state index in [1.165, 1.54) is 36.4 Å². The summed E-state index contributed by atoms with van der Waals surface area (Å²) in [6.45, 7) is 0. The van der Waals surface area contributed by atoms with Gasteiger partial charge in [0, 0.05) is 11.1 Å². The average Bonchev–Trinajstić information content (AvgIpc) is 2.49. The maximum atomic E-state index is 11.8. The van der Waals surface area contributed by atoms with Gasteiger partial charge in [0.15, 0.2) is 5.78 Å². The van der Waals surface area contributed by atoms with Crippen LogP contribution in [0.1, 0.15) is 11.1 Å². The lowest BCUT2D eigenvalue weighted by atomic mass is 10.1. The number of hydrogen-bond donors (Lipinski definition) is 3. The number of halogens is 1. The van der Waals surface area contributed by atoms with Gasteiger partial charge in [0.2, 0.25) is 0 Å². The fourth-order valence-corrected chi connectivity index (χ4v) is 1.91. The molecule has 0 saturated carbocycles. The van der Waals surface area contributed by atoms with Crippen molar-refractivity contribution in [1.82, 2.24) is 0 Å². The lowest BCUT2D eigenvalue weighted by molar-refractivity contribution is -0.110. The van der Waals surface area contributed by atoms with Gasteiger partial charge in [0.05, 0.1) is 5.56 Å². The molecule has 0 bridgehead atoms.